The highest BCUT2D eigenvalue weighted by molar-refractivity contribution is 6.32. The summed E-state index contributed by atoms with van der Waals surface area (Å²) in [5.74, 6) is 0.0929. The van der Waals surface area contributed by atoms with Gasteiger partial charge in [0.05, 0.1) is 34.6 Å². The minimum absolute atomic E-state index is 0.0234. The minimum Gasteiger partial charge on any atom is -0.357 e. The quantitative estimate of drug-likeness (QED) is 0.441. The molecule has 3 fully saturated rings. The first-order valence-electron chi connectivity index (χ1n) is 13.7. The highest BCUT2D eigenvalue weighted by Crippen LogP contribution is 2.35. The van der Waals surface area contributed by atoms with Gasteiger partial charge in [-0.2, -0.15) is 5.26 Å². The molecule has 1 unspecified atom stereocenters. The van der Waals surface area contributed by atoms with Gasteiger partial charge in [-0.1, -0.05) is 17.7 Å². The van der Waals surface area contributed by atoms with E-state index in [1.807, 2.05) is 6.07 Å². The van der Waals surface area contributed by atoms with Crippen molar-refractivity contribution >= 4 is 40.1 Å². The number of nitrogens with zero attached hydrogens (tertiary/aromatic N) is 4. The van der Waals surface area contributed by atoms with Gasteiger partial charge >= 0.3 is 11.7 Å². The summed E-state index contributed by atoms with van der Waals surface area (Å²) in [5, 5.41) is 12.5. The number of hydrogen-bond donors (Lipinski definition) is 2. The van der Waals surface area contributed by atoms with Gasteiger partial charge in [-0.15, -0.1) is 0 Å². The lowest BCUT2D eigenvalue weighted by Gasteiger charge is -2.41. The molecular formula is C29H29ClN6O5. The van der Waals surface area contributed by atoms with Gasteiger partial charge in [0.2, 0.25) is 0 Å². The summed E-state index contributed by atoms with van der Waals surface area (Å²) in [6, 6.07) is 10.7. The molecule has 1 atom stereocenters. The van der Waals surface area contributed by atoms with Crippen LogP contribution in [0.3, 0.4) is 0 Å². The standard InChI is InChI=1S/C29H29ClN6O5/c30-23-12-21(7-5-19(23)13-31)33-26(38)29(16-34(27(32)39)9-10-41-29)20-6-8-24-22(11-20)25(37)36(15-18-3-4-18)28(40)35(24)14-17-1-2-17/h5-8,11-12,17-18H,1-4,9-10,14-16H2,(H2,32,39)(H,33,38). The second-order valence-electron chi connectivity index (χ2n) is 11.1. The number of ether oxygens (including phenoxy) is 1. The first-order valence-corrected chi connectivity index (χ1v) is 14.1. The Hall–Kier alpha value is -4.14. The molecular weight excluding hydrogens is 548 g/mol. The molecule has 212 valence electrons. The Morgan fingerprint density at radius 2 is 1.78 bits per heavy atom. The molecule has 3 aromatic rings. The van der Waals surface area contributed by atoms with E-state index in [0.717, 1.165) is 25.7 Å². The number of nitrogens with one attached hydrogen (secondary N) is 1. The number of aromatic nitrogens is 2. The van der Waals surface area contributed by atoms with Crippen LogP contribution in [0.15, 0.2) is 46.0 Å². The first-order chi connectivity index (χ1) is 19.7. The number of urea groups is 1. The lowest BCUT2D eigenvalue weighted by atomic mass is 9.89. The number of nitrogens with two attached hydrogens (primary N) is 1. The van der Waals surface area contributed by atoms with Crippen LogP contribution in [0.1, 0.15) is 36.8 Å². The van der Waals surface area contributed by atoms with Crippen LogP contribution in [0, 0.1) is 23.2 Å². The Bertz CT molecular complexity index is 1730. The molecule has 2 saturated carbocycles. The van der Waals surface area contributed by atoms with Crippen LogP contribution in [0.25, 0.3) is 10.9 Å². The summed E-state index contributed by atoms with van der Waals surface area (Å²) in [7, 11) is 0. The number of hydrogen-bond acceptors (Lipinski definition) is 6. The van der Waals surface area contributed by atoms with Gasteiger partial charge < -0.3 is 20.7 Å². The van der Waals surface area contributed by atoms with E-state index < -0.39 is 23.1 Å². The number of benzene rings is 2. The van der Waals surface area contributed by atoms with E-state index in [0.29, 0.717) is 47.1 Å². The zero-order valence-corrected chi connectivity index (χ0v) is 23.0. The largest absolute Gasteiger partial charge is 0.357 e. The zero-order chi connectivity index (χ0) is 28.9. The van der Waals surface area contributed by atoms with E-state index in [9.17, 15) is 24.4 Å². The lowest BCUT2D eigenvalue weighted by molar-refractivity contribution is -0.153. The maximum Gasteiger partial charge on any atom is 0.331 e. The van der Waals surface area contributed by atoms with Gasteiger partial charge in [-0.05, 0) is 73.4 Å². The molecule has 6 rings (SSSR count). The number of carbonyl (C=O) groups excluding carboxylic acids is 2. The molecule has 1 aromatic heterocycles. The van der Waals surface area contributed by atoms with Crippen molar-refractivity contribution in [2.24, 2.45) is 17.6 Å². The molecule has 41 heavy (non-hydrogen) atoms. The summed E-state index contributed by atoms with van der Waals surface area (Å²) in [6.45, 7) is 0.906. The first kappa shape index (κ1) is 27.1. The molecule has 12 heteroatoms. The van der Waals surface area contributed by atoms with Crippen molar-refractivity contribution < 1.29 is 14.3 Å². The van der Waals surface area contributed by atoms with Crippen molar-refractivity contribution in [2.45, 2.75) is 44.4 Å². The normalized spacial score (nSPS) is 20.5. The van der Waals surface area contributed by atoms with Crippen molar-refractivity contribution in [1.82, 2.24) is 14.0 Å². The van der Waals surface area contributed by atoms with E-state index >= 15 is 0 Å². The third kappa shape index (κ3) is 5.09. The predicted octanol–water partition coefficient (Wildman–Crippen LogP) is 2.75. The molecule has 0 radical (unpaired) electrons. The fraction of sp³-hybridized carbons (Fsp3) is 0.414. The number of anilines is 1. The number of rotatable bonds is 7. The van der Waals surface area contributed by atoms with Crippen LogP contribution < -0.4 is 22.3 Å². The molecule has 0 spiro atoms. The summed E-state index contributed by atoms with van der Waals surface area (Å²) in [5.41, 5.74) is 4.59. The van der Waals surface area contributed by atoms with Crippen LogP contribution in [0.2, 0.25) is 5.02 Å². The Morgan fingerprint density at radius 3 is 2.41 bits per heavy atom. The maximum absolute atomic E-state index is 14.0. The number of primary amides is 1. The van der Waals surface area contributed by atoms with Crippen LogP contribution >= 0.6 is 11.6 Å². The number of halogens is 1. The van der Waals surface area contributed by atoms with Gasteiger partial charge in [0.25, 0.3) is 11.5 Å². The molecule has 0 bridgehead atoms. The fourth-order valence-corrected chi connectivity index (χ4v) is 5.62. The molecule has 2 aliphatic carbocycles. The second-order valence-corrected chi connectivity index (χ2v) is 11.5. The van der Waals surface area contributed by atoms with Crippen LogP contribution in [0.5, 0.6) is 0 Å². The number of morpholine rings is 1. The maximum atomic E-state index is 14.0. The molecule has 3 aliphatic rings. The minimum atomic E-state index is -1.72. The summed E-state index contributed by atoms with van der Waals surface area (Å²) in [4.78, 5) is 54.6. The van der Waals surface area contributed by atoms with Crippen molar-refractivity contribution in [1.29, 1.82) is 5.26 Å². The van der Waals surface area contributed by atoms with Crippen molar-refractivity contribution in [3.05, 3.63) is 73.4 Å². The third-order valence-corrected chi connectivity index (χ3v) is 8.43. The van der Waals surface area contributed by atoms with Gasteiger partial charge in [0, 0.05) is 25.3 Å². The number of fused-ring (bicyclic) bond motifs is 1. The average molecular weight is 577 g/mol. The summed E-state index contributed by atoms with van der Waals surface area (Å²) >= 11 is 6.18. The molecule has 3 amide bonds. The molecule has 2 aromatic carbocycles. The van der Waals surface area contributed by atoms with E-state index in [4.69, 9.17) is 22.1 Å². The van der Waals surface area contributed by atoms with Crippen LogP contribution in [-0.4, -0.2) is 45.7 Å². The van der Waals surface area contributed by atoms with Crippen molar-refractivity contribution in [3.8, 4) is 6.07 Å². The SMILES string of the molecule is N#Cc1ccc(NC(=O)C2(c3ccc4c(c3)c(=O)n(CC3CC3)c(=O)n4CC3CC3)CN(C(N)=O)CCO2)cc1Cl. The molecule has 1 saturated heterocycles. The van der Waals surface area contributed by atoms with Crippen LogP contribution in [0.4, 0.5) is 10.5 Å². The van der Waals surface area contributed by atoms with Crippen LogP contribution in [-0.2, 0) is 28.2 Å². The van der Waals surface area contributed by atoms with Gasteiger partial charge in [-0.3, -0.25) is 18.7 Å². The number of amides is 3. The number of nitriles is 1. The smallest absolute Gasteiger partial charge is 0.331 e. The second kappa shape index (κ2) is 10.4. The zero-order valence-electron chi connectivity index (χ0n) is 22.3. The monoisotopic (exact) mass is 576 g/mol. The molecule has 11 nitrogen and oxygen atoms in total. The van der Waals surface area contributed by atoms with E-state index in [-0.39, 0.29) is 36.0 Å². The average Bonchev–Trinajstić information content (AvgIpc) is 3.90. The highest BCUT2D eigenvalue weighted by Gasteiger charge is 2.47. The molecule has 3 N–H and O–H groups in total. The predicted molar refractivity (Wildman–Crippen MR) is 151 cm³/mol. The van der Waals surface area contributed by atoms with Gasteiger partial charge in [0.15, 0.2) is 5.60 Å². The lowest BCUT2D eigenvalue weighted by Crippen LogP contribution is -2.58. The topological polar surface area (TPSA) is 152 Å². The Kier molecular flexibility index (Phi) is 6.83. The van der Waals surface area contributed by atoms with Crippen molar-refractivity contribution in [3.63, 3.8) is 0 Å². The fourth-order valence-electron chi connectivity index (χ4n) is 5.40. The Labute approximate surface area is 240 Å². The van der Waals surface area contributed by atoms with E-state index in [1.165, 1.54) is 27.7 Å². The Morgan fingerprint density at radius 1 is 1.07 bits per heavy atom. The van der Waals surface area contributed by atoms with E-state index in [2.05, 4.69) is 5.32 Å². The van der Waals surface area contributed by atoms with Gasteiger partial charge in [0.1, 0.15) is 6.07 Å². The van der Waals surface area contributed by atoms with E-state index in [1.54, 1.807) is 22.8 Å². The number of carbonyl (C=O) groups is 2. The molecule has 2 heterocycles. The van der Waals surface area contributed by atoms with Gasteiger partial charge in [-0.25, -0.2) is 9.59 Å². The summed E-state index contributed by atoms with van der Waals surface area (Å²) < 4.78 is 9.12. The summed E-state index contributed by atoms with van der Waals surface area (Å²) in [6.07, 6.45) is 4.03. The third-order valence-electron chi connectivity index (χ3n) is 8.12. The van der Waals surface area contributed by atoms with Crippen molar-refractivity contribution in [2.75, 3.05) is 25.0 Å². The Balaban J connectivity index is 1.48. The highest BCUT2D eigenvalue weighted by atomic mass is 35.5. The molecule has 1 aliphatic heterocycles.